The summed E-state index contributed by atoms with van der Waals surface area (Å²) in [5.74, 6) is -0.704. The van der Waals surface area contributed by atoms with E-state index in [0.29, 0.717) is 17.8 Å². The minimum atomic E-state index is -3.66. The summed E-state index contributed by atoms with van der Waals surface area (Å²) in [6.07, 6.45) is 1.60. The third kappa shape index (κ3) is 7.54. The Morgan fingerprint density at radius 2 is 1.77 bits per heavy atom. The summed E-state index contributed by atoms with van der Waals surface area (Å²) in [4.78, 5) is 23.8. The molecule has 0 saturated carbocycles. The minimum absolute atomic E-state index is 0.0205. The third-order valence-electron chi connectivity index (χ3n) is 4.07. The van der Waals surface area contributed by atoms with E-state index in [9.17, 15) is 18.0 Å². The summed E-state index contributed by atoms with van der Waals surface area (Å²) in [6, 6.07) is 10.3. The van der Waals surface area contributed by atoms with Gasteiger partial charge in [-0.25, -0.2) is 17.9 Å². The first kappa shape index (κ1) is 24.6. The second kappa shape index (κ2) is 11.7. The van der Waals surface area contributed by atoms with Gasteiger partial charge in [-0.05, 0) is 55.8 Å². The molecule has 0 heterocycles. The van der Waals surface area contributed by atoms with Gasteiger partial charge in [0, 0.05) is 12.2 Å². The van der Waals surface area contributed by atoms with Crippen LogP contribution in [0.15, 0.2) is 47.4 Å². The van der Waals surface area contributed by atoms with Crippen LogP contribution in [0.1, 0.15) is 37.0 Å². The molecule has 0 saturated heterocycles. The van der Waals surface area contributed by atoms with E-state index in [0.717, 1.165) is 12.8 Å². The molecule has 0 unspecified atom stereocenters. The highest BCUT2D eigenvalue weighted by atomic mass is 35.5. The number of hydrogen-bond donors (Lipinski definition) is 2. The summed E-state index contributed by atoms with van der Waals surface area (Å²) < 4.78 is 37.3. The average Bonchev–Trinajstić information content (AvgIpc) is 2.73. The molecule has 168 valence electrons. The van der Waals surface area contributed by atoms with Gasteiger partial charge in [0.2, 0.25) is 10.0 Å². The fourth-order valence-electron chi connectivity index (χ4n) is 2.48. The van der Waals surface area contributed by atoms with E-state index in [2.05, 4.69) is 10.0 Å². The van der Waals surface area contributed by atoms with Crippen LogP contribution in [0.4, 0.5) is 5.69 Å². The van der Waals surface area contributed by atoms with Crippen LogP contribution in [0.3, 0.4) is 0 Å². The standard InChI is InChI=1S/C21H25ClN2O6S/c1-3-5-12-23-31(27,28)17-10-11-19(18(22)13-17)30-14-20(25)24-16-8-6-15(7-9-16)21(26)29-4-2/h6-11,13,23H,3-5,12,14H2,1-2H3,(H,24,25). The average molecular weight is 469 g/mol. The molecule has 2 aromatic rings. The summed E-state index contributed by atoms with van der Waals surface area (Å²) in [7, 11) is -3.66. The van der Waals surface area contributed by atoms with Crippen molar-refractivity contribution in [3.63, 3.8) is 0 Å². The van der Waals surface area contributed by atoms with Crippen molar-refractivity contribution >= 4 is 39.2 Å². The number of nitrogens with one attached hydrogen (secondary N) is 2. The van der Waals surface area contributed by atoms with Crippen molar-refractivity contribution in [3.05, 3.63) is 53.1 Å². The quantitative estimate of drug-likeness (QED) is 0.385. The maximum Gasteiger partial charge on any atom is 0.338 e. The van der Waals surface area contributed by atoms with Crippen LogP contribution >= 0.6 is 11.6 Å². The Labute approximate surface area is 186 Å². The lowest BCUT2D eigenvalue weighted by Gasteiger charge is -2.11. The lowest BCUT2D eigenvalue weighted by Crippen LogP contribution is -2.24. The first-order valence-electron chi connectivity index (χ1n) is 9.76. The topological polar surface area (TPSA) is 111 Å². The molecular weight excluding hydrogens is 444 g/mol. The number of anilines is 1. The Morgan fingerprint density at radius 1 is 1.06 bits per heavy atom. The van der Waals surface area contributed by atoms with Crippen molar-refractivity contribution in [3.8, 4) is 5.75 Å². The second-order valence-electron chi connectivity index (χ2n) is 6.48. The van der Waals surface area contributed by atoms with Gasteiger partial charge in [0.15, 0.2) is 6.61 Å². The Morgan fingerprint density at radius 3 is 2.39 bits per heavy atom. The van der Waals surface area contributed by atoms with Gasteiger partial charge in [0.05, 0.1) is 22.1 Å². The number of halogens is 1. The molecule has 0 bridgehead atoms. The number of ether oxygens (including phenoxy) is 2. The van der Waals surface area contributed by atoms with Crippen molar-refractivity contribution < 1.29 is 27.5 Å². The third-order valence-corrected chi connectivity index (χ3v) is 5.83. The summed E-state index contributed by atoms with van der Waals surface area (Å²) in [6.45, 7) is 3.97. The van der Waals surface area contributed by atoms with E-state index in [1.807, 2.05) is 6.92 Å². The molecule has 31 heavy (non-hydrogen) atoms. The first-order valence-corrected chi connectivity index (χ1v) is 11.6. The number of amides is 1. The summed E-state index contributed by atoms with van der Waals surface area (Å²) in [5, 5.41) is 2.70. The lowest BCUT2D eigenvalue weighted by atomic mass is 10.2. The van der Waals surface area contributed by atoms with Crippen LogP contribution in [0, 0.1) is 0 Å². The van der Waals surface area contributed by atoms with Crippen molar-refractivity contribution in [1.29, 1.82) is 0 Å². The maximum absolute atomic E-state index is 12.2. The fourth-order valence-corrected chi connectivity index (χ4v) is 3.88. The molecule has 0 aromatic heterocycles. The molecule has 8 nitrogen and oxygen atoms in total. The lowest BCUT2D eigenvalue weighted by molar-refractivity contribution is -0.118. The van der Waals surface area contributed by atoms with Crippen LogP contribution in [0.5, 0.6) is 5.75 Å². The van der Waals surface area contributed by atoms with Crippen molar-refractivity contribution in [1.82, 2.24) is 4.72 Å². The van der Waals surface area contributed by atoms with E-state index in [-0.39, 0.29) is 28.9 Å². The molecular formula is C21H25ClN2O6S. The zero-order valence-electron chi connectivity index (χ0n) is 17.3. The van der Waals surface area contributed by atoms with E-state index in [4.69, 9.17) is 21.1 Å². The molecule has 0 aliphatic carbocycles. The molecule has 10 heteroatoms. The molecule has 0 atom stereocenters. The van der Waals surface area contributed by atoms with Crippen LogP contribution in [0.2, 0.25) is 5.02 Å². The zero-order valence-corrected chi connectivity index (χ0v) is 18.9. The maximum atomic E-state index is 12.2. The van der Waals surface area contributed by atoms with Crippen molar-refractivity contribution in [2.75, 3.05) is 25.1 Å². The van der Waals surface area contributed by atoms with E-state index >= 15 is 0 Å². The van der Waals surface area contributed by atoms with Gasteiger partial charge in [-0.2, -0.15) is 0 Å². The van der Waals surface area contributed by atoms with Gasteiger partial charge in [-0.3, -0.25) is 4.79 Å². The predicted octanol–water partition coefficient (Wildman–Crippen LogP) is 3.61. The number of sulfonamides is 1. The molecule has 0 radical (unpaired) electrons. The Balaban J connectivity index is 1.92. The highest BCUT2D eigenvalue weighted by molar-refractivity contribution is 7.89. The number of carbonyl (C=O) groups excluding carboxylic acids is 2. The molecule has 0 aliphatic heterocycles. The monoisotopic (exact) mass is 468 g/mol. The normalized spacial score (nSPS) is 11.1. The molecule has 2 aromatic carbocycles. The number of hydrogen-bond acceptors (Lipinski definition) is 6. The van der Waals surface area contributed by atoms with Gasteiger partial charge in [-0.1, -0.05) is 24.9 Å². The van der Waals surface area contributed by atoms with Crippen molar-refractivity contribution in [2.45, 2.75) is 31.6 Å². The van der Waals surface area contributed by atoms with Crippen molar-refractivity contribution in [2.24, 2.45) is 0 Å². The molecule has 0 fully saturated rings. The highest BCUT2D eigenvalue weighted by Crippen LogP contribution is 2.27. The second-order valence-corrected chi connectivity index (χ2v) is 8.65. The molecule has 1 amide bonds. The van der Waals surface area contributed by atoms with E-state index in [1.165, 1.54) is 18.2 Å². The number of rotatable bonds is 11. The van der Waals surface area contributed by atoms with Gasteiger partial charge in [0.25, 0.3) is 5.91 Å². The largest absolute Gasteiger partial charge is 0.482 e. The Hall–Kier alpha value is -2.62. The van der Waals surface area contributed by atoms with Gasteiger partial charge >= 0.3 is 5.97 Å². The number of benzene rings is 2. The number of unbranched alkanes of at least 4 members (excludes halogenated alkanes) is 1. The van der Waals surface area contributed by atoms with Gasteiger partial charge < -0.3 is 14.8 Å². The smallest absolute Gasteiger partial charge is 0.338 e. The fraction of sp³-hybridized carbons (Fsp3) is 0.333. The molecule has 0 aliphatic rings. The molecule has 2 N–H and O–H groups in total. The van der Waals surface area contributed by atoms with Crippen LogP contribution in [-0.4, -0.2) is 40.1 Å². The zero-order chi connectivity index (χ0) is 22.9. The predicted molar refractivity (Wildman–Crippen MR) is 118 cm³/mol. The van der Waals surface area contributed by atoms with Crippen LogP contribution < -0.4 is 14.8 Å². The van der Waals surface area contributed by atoms with Crippen LogP contribution in [-0.2, 0) is 19.6 Å². The summed E-state index contributed by atoms with van der Waals surface area (Å²) >= 11 is 6.12. The Bertz CT molecular complexity index is 1010. The minimum Gasteiger partial charge on any atom is -0.482 e. The SMILES string of the molecule is CCCCNS(=O)(=O)c1ccc(OCC(=O)Nc2ccc(C(=O)OCC)cc2)c(Cl)c1. The summed E-state index contributed by atoms with van der Waals surface area (Å²) in [5.41, 5.74) is 0.856. The Kier molecular flexibility index (Phi) is 9.29. The van der Waals surface area contributed by atoms with Gasteiger partial charge in [-0.15, -0.1) is 0 Å². The molecule has 2 rings (SSSR count). The van der Waals surface area contributed by atoms with E-state index < -0.39 is 21.9 Å². The van der Waals surface area contributed by atoms with Crippen LogP contribution in [0.25, 0.3) is 0 Å². The van der Waals surface area contributed by atoms with E-state index in [1.54, 1.807) is 31.2 Å². The number of esters is 1. The first-order chi connectivity index (χ1) is 14.8. The van der Waals surface area contributed by atoms with Gasteiger partial charge in [0.1, 0.15) is 5.75 Å². The number of carbonyl (C=O) groups is 2. The highest BCUT2D eigenvalue weighted by Gasteiger charge is 2.16. The molecule has 0 spiro atoms.